The van der Waals surface area contributed by atoms with Crippen LogP contribution in [0.25, 0.3) is 23.1 Å². The molecule has 2 aromatic carbocycles. The smallest absolute Gasteiger partial charge is 0.350 e. The summed E-state index contributed by atoms with van der Waals surface area (Å²) in [6.07, 6.45) is 16.8. The highest BCUT2D eigenvalue weighted by atomic mass is 16.9. The van der Waals surface area contributed by atoms with Crippen LogP contribution in [0.2, 0.25) is 0 Å². The molecule has 3 aromatic rings. The van der Waals surface area contributed by atoms with Gasteiger partial charge in [-0.3, -0.25) is 0 Å². The van der Waals surface area contributed by atoms with Crippen molar-refractivity contribution in [3.8, 4) is 17.2 Å². The van der Waals surface area contributed by atoms with Crippen molar-refractivity contribution in [2.75, 3.05) is 13.2 Å². The van der Waals surface area contributed by atoms with E-state index < -0.39 is 11.6 Å². The van der Waals surface area contributed by atoms with Crippen molar-refractivity contribution < 1.29 is 32.8 Å². The average Bonchev–Trinajstić information content (AvgIpc) is 3.31. The Morgan fingerprint density at radius 2 is 1.59 bits per heavy atom. The molecular formula is C41H46O8. The molecular weight excluding hydrogens is 620 g/mol. The Hall–Kier alpha value is -4.11. The van der Waals surface area contributed by atoms with Gasteiger partial charge < -0.3 is 32.8 Å². The van der Waals surface area contributed by atoms with Crippen LogP contribution in [0.15, 0.2) is 81.1 Å². The molecule has 8 heteroatoms. The Morgan fingerprint density at radius 1 is 0.878 bits per heavy atom. The van der Waals surface area contributed by atoms with Crippen molar-refractivity contribution in [2.45, 2.75) is 103 Å². The van der Waals surface area contributed by atoms with Crippen LogP contribution in [0.4, 0.5) is 0 Å². The van der Waals surface area contributed by atoms with E-state index in [9.17, 15) is 4.79 Å². The van der Waals surface area contributed by atoms with Crippen LogP contribution in [0.5, 0.6) is 17.2 Å². The summed E-state index contributed by atoms with van der Waals surface area (Å²) in [6, 6.07) is 11.0. The third-order valence-electron chi connectivity index (χ3n) is 9.92. The maximum Gasteiger partial charge on any atom is 0.350 e. The molecule has 3 atom stereocenters. The van der Waals surface area contributed by atoms with Gasteiger partial charge in [0.05, 0.1) is 28.8 Å². The summed E-state index contributed by atoms with van der Waals surface area (Å²) in [5.74, 6) is 0.834. The highest BCUT2D eigenvalue weighted by Gasteiger charge is 2.54. The van der Waals surface area contributed by atoms with Gasteiger partial charge in [-0.15, -0.1) is 0 Å². The largest absolute Gasteiger partial charge is 0.489 e. The number of ether oxygens (including phenoxy) is 6. The van der Waals surface area contributed by atoms with E-state index in [1.54, 1.807) is 6.07 Å². The van der Waals surface area contributed by atoms with Crippen LogP contribution in [0.3, 0.4) is 0 Å². The fraction of sp³-hybridized carbons (Fsp3) is 0.439. The van der Waals surface area contributed by atoms with Crippen LogP contribution in [-0.2, 0) is 20.6 Å². The van der Waals surface area contributed by atoms with Crippen molar-refractivity contribution in [2.24, 2.45) is 0 Å². The van der Waals surface area contributed by atoms with Gasteiger partial charge in [0.1, 0.15) is 36.0 Å². The number of fused-ring (bicyclic) bond motifs is 3. The first-order valence-electron chi connectivity index (χ1n) is 17.3. The summed E-state index contributed by atoms with van der Waals surface area (Å²) < 4.78 is 42.9. The Kier molecular flexibility index (Phi) is 8.84. The summed E-state index contributed by atoms with van der Waals surface area (Å²) >= 11 is 0. The van der Waals surface area contributed by atoms with Crippen LogP contribution >= 0.6 is 0 Å². The number of rotatable bonds is 12. The fourth-order valence-corrected chi connectivity index (χ4v) is 6.80. The summed E-state index contributed by atoms with van der Waals surface area (Å²) in [5, 5.41) is 0.798. The fourth-order valence-electron chi connectivity index (χ4n) is 6.80. The van der Waals surface area contributed by atoms with Crippen molar-refractivity contribution in [3.63, 3.8) is 0 Å². The zero-order chi connectivity index (χ0) is 34.4. The van der Waals surface area contributed by atoms with E-state index in [0.717, 1.165) is 65.7 Å². The number of hydrogen-bond donors (Lipinski definition) is 0. The van der Waals surface area contributed by atoms with E-state index in [0.29, 0.717) is 30.7 Å². The molecule has 1 aromatic heterocycles. The van der Waals surface area contributed by atoms with Crippen LogP contribution in [0, 0.1) is 0 Å². The number of benzene rings is 2. The van der Waals surface area contributed by atoms with Crippen molar-refractivity contribution in [3.05, 3.63) is 99.0 Å². The summed E-state index contributed by atoms with van der Waals surface area (Å²) in [6.45, 7) is 13.5. The minimum Gasteiger partial charge on any atom is -0.489 e. The van der Waals surface area contributed by atoms with Crippen molar-refractivity contribution >= 4 is 23.1 Å². The molecule has 258 valence electrons. The molecule has 4 aliphatic rings. The summed E-state index contributed by atoms with van der Waals surface area (Å²) in [5.41, 5.74) is 5.20. The predicted molar refractivity (Wildman–Crippen MR) is 190 cm³/mol. The first kappa shape index (κ1) is 33.4. The van der Waals surface area contributed by atoms with E-state index in [1.807, 2.05) is 50.3 Å². The molecule has 49 heavy (non-hydrogen) atoms. The minimum atomic E-state index is -1.30. The average molecular weight is 667 g/mol. The molecule has 2 fully saturated rings. The van der Waals surface area contributed by atoms with Gasteiger partial charge in [0, 0.05) is 29.3 Å². The minimum absolute atomic E-state index is 0.0283. The third kappa shape index (κ3) is 7.28. The molecule has 0 saturated carbocycles. The van der Waals surface area contributed by atoms with Crippen molar-refractivity contribution in [1.82, 2.24) is 0 Å². The number of epoxide rings is 1. The molecule has 1 spiro atoms. The Labute approximate surface area is 288 Å². The van der Waals surface area contributed by atoms with E-state index in [2.05, 4.69) is 52.0 Å². The van der Waals surface area contributed by atoms with Crippen LogP contribution in [0.1, 0.15) is 83.9 Å². The normalized spacial score (nSPS) is 24.6. The lowest BCUT2D eigenvalue weighted by atomic mass is 9.96. The van der Waals surface area contributed by atoms with Gasteiger partial charge in [-0.2, -0.15) is 0 Å². The highest BCUT2D eigenvalue weighted by molar-refractivity contribution is 5.90. The molecule has 1 unspecified atom stereocenters. The quantitative estimate of drug-likeness (QED) is 0.108. The Balaban J connectivity index is 0.936. The van der Waals surface area contributed by atoms with Gasteiger partial charge in [0.25, 0.3) is 0 Å². The first-order valence-corrected chi connectivity index (χ1v) is 17.3. The van der Waals surface area contributed by atoms with Gasteiger partial charge in [0.15, 0.2) is 0 Å². The number of hydrogen-bond acceptors (Lipinski definition) is 8. The van der Waals surface area contributed by atoms with Gasteiger partial charge in [-0.25, -0.2) is 4.79 Å². The van der Waals surface area contributed by atoms with E-state index in [1.165, 1.54) is 17.2 Å². The molecule has 3 aliphatic heterocycles. The predicted octanol–water partition coefficient (Wildman–Crippen LogP) is 8.70. The lowest BCUT2D eigenvalue weighted by molar-refractivity contribution is -0.270. The standard InChI is InChI=1S/C41H46O8/c1-26(10-15-35-39(3,4)47-35)19-22-43-30-13-12-28-18-21-41(46-33(28)25-30)48-36(40(5,6)49-41)16-11-27(2)20-23-44-38-31-9-7-8-29(31)24-34-32(38)14-17-37(42)45-34/h7,9,12-14,17-21,24-25,35-36H,8,10-11,15-16,22-23H2,1-6H3/b26-19+,27-20+/t35?,36-,41-/m1/s1. The third-order valence-corrected chi connectivity index (χ3v) is 9.92. The molecule has 4 heterocycles. The van der Waals surface area contributed by atoms with Gasteiger partial charge in [-0.05, 0) is 122 Å². The maximum absolute atomic E-state index is 11.8. The summed E-state index contributed by atoms with van der Waals surface area (Å²) in [4.78, 5) is 11.8. The molecule has 8 nitrogen and oxygen atoms in total. The van der Waals surface area contributed by atoms with Gasteiger partial charge in [0.2, 0.25) is 0 Å². The topological polar surface area (TPSA) is 88.9 Å². The molecule has 0 N–H and O–H groups in total. The Bertz CT molecular complexity index is 1930. The van der Waals surface area contributed by atoms with Crippen LogP contribution in [-0.4, -0.2) is 42.6 Å². The van der Waals surface area contributed by atoms with Gasteiger partial charge >= 0.3 is 11.6 Å². The van der Waals surface area contributed by atoms with E-state index >= 15 is 0 Å². The zero-order valence-corrected chi connectivity index (χ0v) is 29.3. The van der Waals surface area contributed by atoms with Gasteiger partial charge in [-0.1, -0.05) is 23.3 Å². The molecule has 1 aliphatic carbocycles. The van der Waals surface area contributed by atoms with E-state index in [-0.39, 0.29) is 17.3 Å². The van der Waals surface area contributed by atoms with Crippen LogP contribution < -0.4 is 19.8 Å². The monoisotopic (exact) mass is 666 g/mol. The molecule has 7 rings (SSSR count). The lowest BCUT2D eigenvalue weighted by Crippen LogP contribution is -2.38. The van der Waals surface area contributed by atoms with Crippen molar-refractivity contribution in [1.29, 1.82) is 0 Å². The second-order valence-corrected chi connectivity index (χ2v) is 14.6. The first-order chi connectivity index (χ1) is 23.4. The Morgan fingerprint density at radius 3 is 2.33 bits per heavy atom. The molecule has 0 radical (unpaired) electrons. The van der Waals surface area contributed by atoms with E-state index in [4.69, 9.17) is 32.8 Å². The highest BCUT2D eigenvalue weighted by Crippen LogP contribution is 2.45. The molecule has 2 saturated heterocycles. The lowest BCUT2D eigenvalue weighted by Gasteiger charge is -2.30. The summed E-state index contributed by atoms with van der Waals surface area (Å²) in [7, 11) is 0. The zero-order valence-electron chi connectivity index (χ0n) is 29.3. The molecule has 0 amide bonds. The number of allylic oxidation sites excluding steroid dienone is 3. The maximum atomic E-state index is 11.8. The second kappa shape index (κ2) is 13.0. The SMILES string of the molecule is C/C(=C\COc1ccc2c(c1)O[C@]1(C=C2)O[C@H](CC/C(C)=C/COc2c3c(cc4oc(=O)ccc24)CC=C3)C(C)(C)O1)CCC1OC1(C)C. The molecule has 0 bridgehead atoms. The second-order valence-electron chi connectivity index (χ2n) is 14.6.